The van der Waals surface area contributed by atoms with Crippen LogP contribution in [0.4, 0.5) is 0 Å². The lowest BCUT2D eigenvalue weighted by Crippen LogP contribution is -1.98. The number of fused-ring (bicyclic) bond motifs is 1. The van der Waals surface area contributed by atoms with Crippen molar-refractivity contribution in [2.24, 2.45) is 5.92 Å². The Morgan fingerprint density at radius 2 is 2.00 bits per heavy atom. The molecule has 0 spiro atoms. The molecule has 0 atom stereocenters. The molecule has 1 heterocycles. The number of hydrogen-bond donors (Lipinski definition) is 0. The summed E-state index contributed by atoms with van der Waals surface area (Å²) >= 11 is 0. The molecule has 2 aromatic rings. The van der Waals surface area contributed by atoms with Gasteiger partial charge in [-0.15, -0.1) is 0 Å². The van der Waals surface area contributed by atoms with Gasteiger partial charge in [0.25, 0.3) is 0 Å². The molecule has 0 saturated heterocycles. The fraction of sp³-hybridized carbons (Fsp3) is 0.467. The predicted molar refractivity (Wildman–Crippen MR) is 70.7 cm³/mol. The minimum absolute atomic E-state index is 0.809. The second-order valence-electron chi connectivity index (χ2n) is 5.11. The maximum atomic E-state index is 2.37. The van der Waals surface area contributed by atoms with Gasteiger partial charge in [0.05, 0.1) is 0 Å². The SMILES string of the molecule is Cc1ccc2c(ccn2CCCC(C)C)c1. The molecule has 0 bridgehead atoms. The van der Waals surface area contributed by atoms with E-state index in [1.54, 1.807) is 0 Å². The molecule has 0 aliphatic heterocycles. The molecule has 0 radical (unpaired) electrons. The normalized spacial score (nSPS) is 11.5. The summed E-state index contributed by atoms with van der Waals surface area (Å²) in [4.78, 5) is 0. The molecule has 0 fully saturated rings. The Hall–Kier alpha value is -1.24. The van der Waals surface area contributed by atoms with Gasteiger partial charge in [0.1, 0.15) is 0 Å². The van der Waals surface area contributed by atoms with Gasteiger partial charge in [-0.1, -0.05) is 25.5 Å². The van der Waals surface area contributed by atoms with Crippen LogP contribution in [0, 0.1) is 12.8 Å². The third-order valence-corrected chi connectivity index (χ3v) is 3.11. The van der Waals surface area contributed by atoms with Crippen LogP contribution in [-0.4, -0.2) is 4.57 Å². The molecular formula is C15H21N. The third kappa shape index (κ3) is 2.46. The molecule has 0 N–H and O–H groups in total. The number of rotatable bonds is 4. The first-order chi connectivity index (χ1) is 7.66. The molecule has 0 amide bonds. The molecular weight excluding hydrogens is 194 g/mol. The van der Waals surface area contributed by atoms with Crippen molar-refractivity contribution >= 4 is 10.9 Å². The van der Waals surface area contributed by atoms with E-state index < -0.39 is 0 Å². The number of benzene rings is 1. The van der Waals surface area contributed by atoms with Gasteiger partial charge < -0.3 is 4.57 Å². The van der Waals surface area contributed by atoms with Gasteiger partial charge in [-0.05, 0) is 49.3 Å². The van der Waals surface area contributed by atoms with Crippen molar-refractivity contribution in [3.63, 3.8) is 0 Å². The van der Waals surface area contributed by atoms with Crippen LogP contribution in [0.1, 0.15) is 32.3 Å². The smallest absolute Gasteiger partial charge is 0.0480 e. The minimum atomic E-state index is 0.809. The molecule has 0 aliphatic carbocycles. The molecule has 1 nitrogen and oxygen atoms in total. The topological polar surface area (TPSA) is 4.93 Å². The Bertz CT molecular complexity index is 465. The summed E-state index contributed by atoms with van der Waals surface area (Å²) in [5.41, 5.74) is 2.71. The summed E-state index contributed by atoms with van der Waals surface area (Å²) in [7, 11) is 0. The quantitative estimate of drug-likeness (QED) is 0.713. The predicted octanol–water partition coefficient (Wildman–Crippen LogP) is 4.39. The molecule has 1 aromatic heterocycles. The number of hydrogen-bond acceptors (Lipinski definition) is 0. The second kappa shape index (κ2) is 4.73. The molecule has 86 valence electrons. The van der Waals surface area contributed by atoms with E-state index in [4.69, 9.17) is 0 Å². The maximum absolute atomic E-state index is 2.37. The van der Waals surface area contributed by atoms with Crippen LogP contribution in [0.25, 0.3) is 10.9 Å². The third-order valence-electron chi connectivity index (χ3n) is 3.11. The zero-order valence-electron chi connectivity index (χ0n) is 10.5. The fourth-order valence-corrected chi connectivity index (χ4v) is 2.18. The summed E-state index contributed by atoms with van der Waals surface area (Å²) in [6, 6.07) is 8.91. The molecule has 0 unspecified atom stereocenters. The van der Waals surface area contributed by atoms with E-state index in [1.165, 1.54) is 29.3 Å². The lowest BCUT2D eigenvalue weighted by Gasteiger charge is -2.07. The molecule has 0 aliphatic rings. The summed E-state index contributed by atoms with van der Waals surface area (Å²) in [5.74, 6) is 0.809. The highest BCUT2D eigenvalue weighted by Gasteiger charge is 2.01. The summed E-state index contributed by atoms with van der Waals surface area (Å²) < 4.78 is 2.37. The molecule has 1 heteroatoms. The van der Waals surface area contributed by atoms with Crippen LogP contribution in [0.15, 0.2) is 30.5 Å². The first kappa shape index (κ1) is 11.3. The Labute approximate surface area is 98.1 Å². The van der Waals surface area contributed by atoms with Crippen LogP contribution in [0.3, 0.4) is 0 Å². The van der Waals surface area contributed by atoms with E-state index in [2.05, 4.69) is 55.8 Å². The molecule has 1 aromatic carbocycles. The fourth-order valence-electron chi connectivity index (χ4n) is 2.18. The standard InChI is InChI=1S/C15H21N/c1-12(2)5-4-9-16-10-8-14-11-13(3)6-7-15(14)16/h6-8,10-12H,4-5,9H2,1-3H3. The van der Waals surface area contributed by atoms with E-state index in [0.29, 0.717) is 0 Å². The minimum Gasteiger partial charge on any atom is -0.347 e. The van der Waals surface area contributed by atoms with Crippen LogP contribution in [-0.2, 0) is 6.54 Å². The van der Waals surface area contributed by atoms with Gasteiger partial charge in [-0.25, -0.2) is 0 Å². The summed E-state index contributed by atoms with van der Waals surface area (Å²) in [5, 5.41) is 1.37. The van der Waals surface area contributed by atoms with Gasteiger partial charge in [0.15, 0.2) is 0 Å². The van der Waals surface area contributed by atoms with Gasteiger partial charge in [0.2, 0.25) is 0 Å². The van der Waals surface area contributed by atoms with Crippen LogP contribution in [0.5, 0.6) is 0 Å². The molecule has 16 heavy (non-hydrogen) atoms. The highest BCUT2D eigenvalue weighted by atomic mass is 14.9. The van der Waals surface area contributed by atoms with E-state index in [1.807, 2.05) is 0 Å². The van der Waals surface area contributed by atoms with Crippen molar-refractivity contribution in [1.29, 1.82) is 0 Å². The average Bonchev–Trinajstić information content (AvgIpc) is 2.60. The zero-order chi connectivity index (χ0) is 11.5. The van der Waals surface area contributed by atoms with E-state index in [-0.39, 0.29) is 0 Å². The van der Waals surface area contributed by atoms with Gasteiger partial charge in [0, 0.05) is 18.3 Å². The van der Waals surface area contributed by atoms with Crippen molar-refractivity contribution in [3.05, 3.63) is 36.0 Å². The highest BCUT2D eigenvalue weighted by Crippen LogP contribution is 2.18. The van der Waals surface area contributed by atoms with E-state index in [0.717, 1.165) is 12.5 Å². The monoisotopic (exact) mass is 215 g/mol. The van der Waals surface area contributed by atoms with Crippen molar-refractivity contribution in [2.45, 2.75) is 40.2 Å². The van der Waals surface area contributed by atoms with Gasteiger partial charge in [-0.3, -0.25) is 0 Å². The van der Waals surface area contributed by atoms with Crippen molar-refractivity contribution < 1.29 is 0 Å². The number of nitrogens with zero attached hydrogens (tertiary/aromatic N) is 1. The van der Waals surface area contributed by atoms with Crippen molar-refractivity contribution in [3.8, 4) is 0 Å². The number of aromatic nitrogens is 1. The van der Waals surface area contributed by atoms with Crippen molar-refractivity contribution in [2.75, 3.05) is 0 Å². The van der Waals surface area contributed by atoms with Crippen LogP contribution >= 0.6 is 0 Å². The second-order valence-corrected chi connectivity index (χ2v) is 5.11. The van der Waals surface area contributed by atoms with E-state index >= 15 is 0 Å². The van der Waals surface area contributed by atoms with E-state index in [9.17, 15) is 0 Å². The molecule has 2 rings (SSSR count). The Morgan fingerprint density at radius 3 is 2.75 bits per heavy atom. The summed E-state index contributed by atoms with van der Waals surface area (Å²) in [6.45, 7) is 7.87. The zero-order valence-corrected chi connectivity index (χ0v) is 10.5. The maximum Gasteiger partial charge on any atom is 0.0480 e. The van der Waals surface area contributed by atoms with Crippen LogP contribution < -0.4 is 0 Å². The highest BCUT2D eigenvalue weighted by molar-refractivity contribution is 5.80. The number of aryl methyl sites for hydroxylation is 2. The Morgan fingerprint density at radius 1 is 1.19 bits per heavy atom. The van der Waals surface area contributed by atoms with Gasteiger partial charge >= 0.3 is 0 Å². The lowest BCUT2D eigenvalue weighted by molar-refractivity contribution is 0.518. The Kier molecular flexibility index (Phi) is 3.33. The first-order valence-corrected chi connectivity index (χ1v) is 6.22. The first-order valence-electron chi connectivity index (χ1n) is 6.22. The lowest BCUT2D eigenvalue weighted by atomic mass is 10.1. The molecule has 0 saturated carbocycles. The average molecular weight is 215 g/mol. The van der Waals surface area contributed by atoms with Crippen LogP contribution in [0.2, 0.25) is 0 Å². The largest absolute Gasteiger partial charge is 0.347 e. The Balaban J connectivity index is 2.13. The van der Waals surface area contributed by atoms with Gasteiger partial charge in [-0.2, -0.15) is 0 Å². The summed E-state index contributed by atoms with van der Waals surface area (Å²) in [6.07, 6.45) is 4.80. The van der Waals surface area contributed by atoms with Crippen molar-refractivity contribution in [1.82, 2.24) is 4.57 Å².